The molecule has 0 aromatic heterocycles. The number of benzene rings is 2. The quantitative estimate of drug-likeness (QED) is 0.832. The highest BCUT2D eigenvalue weighted by Crippen LogP contribution is 2.37. The predicted octanol–water partition coefficient (Wildman–Crippen LogP) is 3.52. The van der Waals surface area contributed by atoms with Gasteiger partial charge in [0.25, 0.3) is 0 Å². The van der Waals surface area contributed by atoms with Gasteiger partial charge in [-0.2, -0.15) is 0 Å². The van der Waals surface area contributed by atoms with Crippen molar-refractivity contribution in [1.82, 2.24) is 5.32 Å². The van der Waals surface area contributed by atoms with Gasteiger partial charge in [0.15, 0.2) is 0 Å². The smallest absolute Gasteiger partial charge is 0.233 e. The molecule has 5 nitrogen and oxygen atoms in total. The molecule has 2 aliphatic rings. The maximum absolute atomic E-state index is 11.4. The van der Waals surface area contributed by atoms with E-state index in [1.54, 1.807) is 0 Å². The number of hydrogen-bond donors (Lipinski definition) is 2. The van der Waals surface area contributed by atoms with Gasteiger partial charge in [-0.15, -0.1) is 0 Å². The molecule has 0 saturated heterocycles. The molecule has 28 heavy (non-hydrogen) atoms. The lowest BCUT2D eigenvalue weighted by atomic mass is 9.92. The van der Waals surface area contributed by atoms with Crippen molar-refractivity contribution in [2.24, 2.45) is 5.73 Å². The minimum atomic E-state index is -0.0761. The number of carbonyl (C=O) groups excluding carboxylic acids is 1. The third kappa shape index (κ3) is 4.47. The number of ether oxygens (including phenoxy) is 2. The van der Waals surface area contributed by atoms with Crippen molar-refractivity contribution < 1.29 is 14.3 Å². The topological polar surface area (TPSA) is 73.6 Å². The van der Waals surface area contributed by atoms with Crippen LogP contribution >= 0.6 is 0 Å². The van der Waals surface area contributed by atoms with E-state index in [-0.39, 0.29) is 30.7 Å². The van der Waals surface area contributed by atoms with Crippen molar-refractivity contribution in [3.8, 4) is 11.5 Å². The summed E-state index contributed by atoms with van der Waals surface area (Å²) < 4.78 is 12.4. The van der Waals surface area contributed by atoms with Gasteiger partial charge in [0.05, 0.1) is 12.6 Å². The zero-order valence-electron chi connectivity index (χ0n) is 16.1. The number of aryl methyl sites for hydroxylation is 1. The molecule has 1 atom stereocenters. The second-order valence-electron chi connectivity index (χ2n) is 7.69. The van der Waals surface area contributed by atoms with E-state index in [0.717, 1.165) is 50.0 Å². The molecule has 2 aromatic carbocycles. The lowest BCUT2D eigenvalue weighted by Gasteiger charge is -2.30. The third-order valence-electron chi connectivity index (χ3n) is 5.68. The first-order chi connectivity index (χ1) is 13.7. The Morgan fingerprint density at radius 2 is 1.86 bits per heavy atom. The molecular formula is C23H28N2O3. The van der Waals surface area contributed by atoms with E-state index in [9.17, 15) is 4.79 Å². The molecule has 1 fully saturated rings. The zero-order valence-corrected chi connectivity index (χ0v) is 16.1. The van der Waals surface area contributed by atoms with Crippen molar-refractivity contribution >= 4 is 5.91 Å². The molecule has 1 heterocycles. The van der Waals surface area contributed by atoms with Gasteiger partial charge in [-0.3, -0.25) is 4.79 Å². The molecule has 0 unspecified atom stereocenters. The second-order valence-corrected chi connectivity index (χ2v) is 7.69. The van der Waals surface area contributed by atoms with Gasteiger partial charge in [-0.05, 0) is 67.9 Å². The van der Waals surface area contributed by atoms with Crippen LogP contribution in [0.5, 0.6) is 11.5 Å². The minimum Gasteiger partial charge on any atom is -0.490 e. The SMILES string of the molecule is NCC(=O)NC1CCC(Oc2ccc3c(c2)CC[C@@H](c2ccccc2)O3)CC1. The first-order valence-electron chi connectivity index (χ1n) is 10.2. The Morgan fingerprint density at radius 1 is 1.07 bits per heavy atom. The van der Waals surface area contributed by atoms with Crippen LogP contribution in [0.1, 0.15) is 49.3 Å². The van der Waals surface area contributed by atoms with Crippen molar-refractivity contribution in [3.63, 3.8) is 0 Å². The van der Waals surface area contributed by atoms with Gasteiger partial charge in [0, 0.05) is 6.04 Å². The van der Waals surface area contributed by atoms with Gasteiger partial charge < -0.3 is 20.5 Å². The fourth-order valence-corrected chi connectivity index (χ4v) is 4.14. The number of rotatable bonds is 5. The van der Waals surface area contributed by atoms with Crippen LogP contribution in [-0.2, 0) is 11.2 Å². The zero-order chi connectivity index (χ0) is 19.3. The van der Waals surface area contributed by atoms with Gasteiger partial charge in [-0.1, -0.05) is 30.3 Å². The van der Waals surface area contributed by atoms with E-state index in [1.807, 2.05) is 18.2 Å². The number of nitrogens with two attached hydrogens (primary N) is 1. The summed E-state index contributed by atoms with van der Waals surface area (Å²) >= 11 is 0. The molecule has 3 N–H and O–H groups in total. The van der Waals surface area contributed by atoms with Gasteiger partial charge >= 0.3 is 0 Å². The molecule has 0 bridgehead atoms. The van der Waals surface area contributed by atoms with E-state index < -0.39 is 0 Å². The molecule has 1 saturated carbocycles. The Morgan fingerprint density at radius 3 is 2.61 bits per heavy atom. The number of hydrogen-bond acceptors (Lipinski definition) is 4. The summed E-state index contributed by atoms with van der Waals surface area (Å²) in [5.41, 5.74) is 7.81. The molecular weight excluding hydrogens is 352 g/mol. The average Bonchev–Trinajstić information content (AvgIpc) is 2.75. The van der Waals surface area contributed by atoms with Gasteiger partial charge in [-0.25, -0.2) is 0 Å². The van der Waals surface area contributed by atoms with E-state index >= 15 is 0 Å². The Hall–Kier alpha value is -2.53. The summed E-state index contributed by atoms with van der Waals surface area (Å²) in [7, 11) is 0. The fraction of sp³-hybridized carbons (Fsp3) is 0.435. The fourth-order valence-electron chi connectivity index (χ4n) is 4.14. The molecule has 4 rings (SSSR count). The summed E-state index contributed by atoms with van der Waals surface area (Å²) in [5, 5.41) is 2.98. The Balaban J connectivity index is 1.33. The summed E-state index contributed by atoms with van der Waals surface area (Å²) in [5.74, 6) is 1.79. The van der Waals surface area contributed by atoms with E-state index in [0.29, 0.717) is 0 Å². The molecule has 5 heteroatoms. The molecule has 1 amide bonds. The maximum atomic E-state index is 11.4. The van der Waals surface area contributed by atoms with Crippen LogP contribution in [0.25, 0.3) is 0 Å². The molecule has 0 spiro atoms. The summed E-state index contributed by atoms with van der Waals surface area (Å²) in [6.07, 6.45) is 6.05. The number of nitrogens with one attached hydrogen (secondary N) is 1. The molecule has 148 valence electrons. The van der Waals surface area contributed by atoms with E-state index in [2.05, 4.69) is 35.6 Å². The highest BCUT2D eigenvalue weighted by molar-refractivity contribution is 5.78. The first kappa shape index (κ1) is 18.8. The largest absolute Gasteiger partial charge is 0.490 e. The highest BCUT2D eigenvalue weighted by atomic mass is 16.5. The summed E-state index contributed by atoms with van der Waals surface area (Å²) in [4.78, 5) is 11.4. The number of carbonyl (C=O) groups is 1. The highest BCUT2D eigenvalue weighted by Gasteiger charge is 2.25. The normalized spacial score (nSPS) is 24.0. The van der Waals surface area contributed by atoms with Crippen LogP contribution in [0.3, 0.4) is 0 Å². The average molecular weight is 380 g/mol. The molecule has 0 radical (unpaired) electrons. The van der Waals surface area contributed by atoms with Crippen molar-refractivity contribution in [1.29, 1.82) is 0 Å². The second kappa shape index (κ2) is 8.65. The van der Waals surface area contributed by atoms with Crippen LogP contribution in [0, 0.1) is 0 Å². The molecule has 1 aliphatic carbocycles. The lowest BCUT2D eigenvalue weighted by molar-refractivity contribution is -0.120. The Kier molecular flexibility index (Phi) is 5.81. The molecule has 2 aromatic rings. The van der Waals surface area contributed by atoms with Crippen LogP contribution in [0.15, 0.2) is 48.5 Å². The number of fused-ring (bicyclic) bond motifs is 1. The van der Waals surface area contributed by atoms with Crippen LogP contribution in [0.4, 0.5) is 0 Å². The predicted molar refractivity (Wildman–Crippen MR) is 108 cm³/mol. The van der Waals surface area contributed by atoms with Crippen molar-refractivity contribution in [2.75, 3.05) is 6.54 Å². The van der Waals surface area contributed by atoms with Gasteiger partial charge in [0.1, 0.15) is 17.6 Å². The standard InChI is InChI=1S/C23H28N2O3/c24-15-23(26)25-18-7-9-19(10-8-18)27-20-11-13-22-17(14-20)6-12-21(28-22)16-4-2-1-3-5-16/h1-5,11,13-14,18-19,21H,6-10,12,15,24H2,(H,25,26)/t18?,19?,21-/m0/s1. The van der Waals surface area contributed by atoms with E-state index in [4.69, 9.17) is 15.2 Å². The van der Waals surface area contributed by atoms with Gasteiger partial charge in [0.2, 0.25) is 5.91 Å². The van der Waals surface area contributed by atoms with E-state index in [1.165, 1.54) is 11.1 Å². The Bertz CT molecular complexity index is 801. The summed E-state index contributed by atoms with van der Waals surface area (Å²) in [6, 6.07) is 16.8. The van der Waals surface area contributed by atoms with Crippen molar-refractivity contribution in [3.05, 3.63) is 59.7 Å². The van der Waals surface area contributed by atoms with Crippen LogP contribution in [-0.4, -0.2) is 24.6 Å². The monoisotopic (exact) mass is 380 g/mol. The Labute approximate surface area is 166 Å². The maximum Gasteiger partial charge on any atom is 0.233 e. The molecule has 1 aliphatic heterocycles. The lowest BCUT2D eigenvalue weighted by Crippen LogP contribution is -2.42. The summed E-state index contributed by atoms with van der Waals surface area (Å²) in [6.45, 7) is 0.0543. The number of amides is 1. The van der Waals surface area contributed by atoms with Crippen LogP contribution < -0.4 is 20.5 Å². The third-order valence-corrected chi connectivity index (χ3v) is 5.68. The van der Waals surface area contributed by atoms with Crippen molar-refractivity contribution in [2.45, 2.75) is 56.8 Å². The first-order valence-corrected chi connectivity index (χ1v) is 10.2. The minimum absolute atomic E-state index is 0.0543. The van der Waals surface area contributed by atoms with Crippen LogP contribution in [0.2, 0.25) is 0 Å².